The van der Waals surface area contributed by atoms with Crippen LogP contribution in [0.3, 0.4) is 0 Å². The molecule has 2 saturated heterocycles. The van der Waals surface area contributed by atoms with E-state index in [9.17, 15) is 10.2 Å². The number of hydrogen-bond donors (Lipinski definition) is 2. The van der Waals surface area contributed by atoms with Crippen LogP contribution in [0.5, 0.6) is 0 Å². The fourth-order valence-corrected chi connectivity index (χ4v) is 3.79. The van der Waals surface area contributed by atoms with Crippen molar-refractivity contribution in [2.75, 3.05) is 32.8 Å². The average molecular weight is 270 g/mol. The van der Waals surface area contributed by atoms with Gasteiger partial charge < -0.3 is 10.2 Å². The van der Waals surface area contributed by atoms with Crippen molar-refractivity contribution in [2.24, 2.45) is 0 Å². The second kappa shape index (κ2) is 7.58. The molecule has 0 bridgehead atoms. The first kappa shape index (κ1) is 15.2. The third-order valence-corrected chi connectivity index (χ3v) is 4.98. The zero-order valence-electron chi connectivity index (χ0n) is 12.3. The maximum Gasteiger partial charge on any atom is 0.0586 e. The van der Waals surface area contributed by atoms with Crippen LogP contribution in [-0.2, 0) is 0 Å². The summed E-state index contributed by atoms with van der Waals surface area (Å²) in [6.45, 7) is 6.34. The predicted molar refractivity (Wildman–Crippen MR) is 77.2 cm³/mol. The first-order chi connectivity index (χ1) is 9.26. The fraction of sp³-hybridized carbons (Fsp3) is 1.00. The van der Waals surface area contributed by atoms with E-state index in [2.05, 4.69) is 16.7 Å². The smallest absolute Gasteiger partial charge is 0.0586 e. The van der Waals surface area contributed by atoms with Crippen molar-refractivity contribution in [1.29, 1.82) is 0 Å². The van der Waals surface area contributed by atoms with Crippen LogP contribution in [0.15, 0.2) is 0 Å². The lowest BCUT2D eigenvalue weighted by Crippen LogP contribution is -2.40. The van der Waals surface area contributed by atoms with Crippen LogP contribution >= 0.6 is 0 Å². The van der Waals surface area contributed by atoms with Crippen LogP contribution < -0.4 is 0 Å². The van der Waals surface area contributed by atoms with Crippen LogP contribution in [0.25, 0.3) is 0 Å². The van der Waals surface area contributed by atoms with E-state index in [1.54, 1.807) is 0 Å². The highest BCUT2D eigenvalue weighted by molar-refractivity contribution is 4.83. The molecule has 0 aromatic heterocycles. The molecule has 112 valence electrons. The summed E-state index contributed by atoms with van der Waals surface area (Å²) >= 11 is 0. The lowest BCUT2D eigenvalue weighted by molar-refractivity contribution is 0.114. The monoisotopic (exact) mass is 270 g/mol. The summed E-state index contributed by atoms with van der Waals surface area (Å²) < 4.78 is 0. The van der Waals surface area contributed by atoms with Gasteiger partial charge in [-0.15, -0.1) is 0 Å². The molecule has 0 aromatic carbocycles. The maximum atomic E-state index is 9.37. The molecule has 0 aliphatic carbocycles. The molecule has 0 aromatic rings. The van der Waals surface area contributed by atoms with E-state index in [1.165, 1.54) is 25.7 Å². The van der Waals surface area contributed by atoms with Crippen molar-refractivity contribution in [3.05, 3.63) is 0 Å². The van der Waals surface area contributed by atoms with Gasteiger partial charge in [0.05, 0.1) is 13.2 Å². The largest absolute Gasteiger partial charge is 0.395 e. The molecule has 3 unspecified atom stereocenters. The quantitative estimate of drug-likeness (QED) is 0.726. The molecule has 0 spiro atoms. The van der Waals surface area contributed by atoms with E-state index in [0.29, 0.717) is 31.3 Å². The summed E-state index contributed by atoms with van der Waals surface area (Å²) in [4.78, 5) is 4.92. The topological polar surface area (TPSA) is 46.9 Å². The highest BCUT2D eigenvalue weighted by Crippen LogP contribution is 2.23. The van der Waals surface area contributed by atoms with E-state index in [-0.39, 0.29) is 0 Å². The Labute approximate surface area is 117 Å². The molecular weight excluding hydrogens is 240 g/mol. The lowest BCUT2D eigenvalue weighted by atomic mass is 10.1. The Bertz CT molecular complexity index is 263. The standard InChI is InChI=1S/C15H30N2O2/c1-13(17-10-4-7-15(17)12-19)5-2-8-16-9-3-6-14(16)11-18/h13-15,18-19H,2-12H2,1H3. The van der Waals surface area contributed by atoms with E-state index < -0.39 is 0 Å². The van der Waals surface area contributed by atoms with E-state index in [1.807, 2.05) is 0 Å². The highest BCUT2D eigenvalue weighted by Gasteiger charge is 2.28. The number of rotatable bonds is 7. The lowest BCUT2D eigenvalue weighted by Gasteiger charge is -2.30. The first-order valence-electron chi connectivity index (χ1n) is 7.97. The molecule has 2 heterocycles. The van der Waals surface area contributed by atoms with Crippen molar-refractivity contribution in [1.82, 2.24) is 9.80 Å². The molecule has 2 aliphatic heterocycles. The van der Waals surface area contributed by atoms with Gasteiger partial charge in [-0.25, -0.2) is 0 Å². The van der Waals surface area contributed by atoms with Gasteiger partial charge in [0.25, 0.3) is 0 Å². The summed E-state index contributed by atoms with van der Waals surface area (Å²) in [5.41, 5.74) is 0. The first-order valence-corrected chi connectivity index (χ1v) is 7.97. The van der Waals surface area contributed by atoms with E-state index in [4.69, 9.17) is 0 Å². The van der Waals surface area contributed by atoms with Crippen molar-refractivity contribution in [3.8, 4) is 0 Å². The Morgan fingerprint density at radius 1 is 1.05 bits per heavy atom. The molecule has 0 radical (unpaired) electrons. The van der Waals surface area contributed by atoms with Gasteiger partial charge >= 0.3 is 0 Å². The number of aliphatic hydroxyl groups excluding tert-OH is 2. The van der Waals surface area contributed by atoms with Gasteiger partial charge in [0, 0.05) is 18.1 Å². The molecule has 3 atom stereocenters. The molecule has 0 saturated carbocycles. The summed E-state index contributed by atoms with van der Waals surface area (Å²) in [7, 11) is 0. The van der Waals surface area contributed by atoms with Gasteiger partial charge in [-0.3, -0.25) is 9.80 Å². The van der Waals surface area contributed by atoms with Gasteiger partial charge in [-0.05, 0) is 65.1 Å². The van der Waals surface area contributed by atoms with Gasteiger partial charge in [0.1, 0.15) is 0 Å². The maximum absolute atomic E-state index is 9.37. The second-order valence-corrected chi connectivity index (χ2v) is 6.22. The van der Waals surface area contributed by atoms with Crippen LogP contribution in [0.1, 0.15) is 45.4 Å². The molecule has 19 heavy (non-hydrogen) atoms. The zero-order chi connectivity index (χ0) is 13.7. The van der Waals surface area contributed by atoms with E-state index >= 15 is 0 Å². The molecule has 0 amide bonds. The van der Waals surface area contributed by atoms with Gasteiger partial charge in [0.2, 0.25) is 0 Å². The minimum Gasteiger partial charge on any atom is -0.395 e. The number of likely N-dealkylation sites (tertiary alicyclic amines) is 2. The van der Waals surface area contributed by atoms with Crippen molar-refractivity contribution in [2.45, 2.75) is 63.6 Å². The fourth-order valence-electron chi connectivity index (χ4n) is 3.79. The molecule has 2 N–H and O–H groups in total. The van der Waals surface area contributed by atoms with Crippen LogP contribution in [0.4, 0.5) is 0 Å². The Kier molecular flexibility index (Phi) is 6.07. The summed E-state index contributed by atoms with van der Waals surface area (Å²) in [5, 5.41) is 18.7. The minimum atomic E-state index is 0.309. The Hall–Kier alpha value is -0.160. The van der Waals surface area contributed by atoms with Crippen LogP contribution in [0.2, 0.25) is 0 Å². The number of hydrogen-bond acceptors (Lipinski definition) is 4. The van der Waals surface area contributed by atoms with Crippen molar-refractivity contribution < 1.29 is 10.2 Å². The molecule has 4 nitrogen and oxygen atoms in total. The predicted octanol–water partition coefficient (Wildman–Crippen LogP) is 1.07. The molecule has 2 fully saturated rings. The van der Waals surface area contributed by atoms with Crippen LogP contribution in [-0.4, -0.2) is 71.0 Å². The molecule has 4 heteroatoms. The Balaban J connectivity index is 1.67. The van der Waals surface area contributed by atoms with Crippen molar-refractivity contribution in [3.63, 3.8) is 0 Å². The minimum absolute atomic E-state index is 0.309. The average Bonchev–Trinajstić information content (AvgIpc) is 3.06. The summed E-state index contributed by atoms with van der Waals surface area (Å²) in [6, 6.07) is 1.38. The van der Waals surface area contributed by atoms with Gasteiger partial charge in [0.15, 0.2) is 0 Å². The SMILES string of the molecule is CC(CCCN1CCCC1CO)N1CCCC1CO. The molecule has 2 rings (SSSR count). The molecule has 2 aliphatic rings. The molecular formula is C15H30N2O2. The van der Waals surface area contributed by atoms with Crippen molar-refractivity contribution >= 4 is 0 Å². The summed E-state index contributed by atoms with van der Waals surface area (Å²) in [5.74, 6) is 0. The Morgan fingerprint density at radius 3 is 2.47 bits per heavy atom. The van der Waals surface area contributed by atoms with Crippen LogP contribution in [0, 0.1) is 0 Å². The summed E-state index contributed by atoms with van der Waals surface area (Å²) in [6.07, 6.45) is 7.18. The second-order valence-electron chi connectivity index (χ2n) is 6.22. The van der Waals surface area contributed by atoms with Gasteiger partial charge in [-0.2, -0.15) is 0 Å². The zero-order valence-corrected chi connectivity index (χ0v) is 12.3. The Morgan fingerprint density at radius 2 is 1.74 bits per heavy atom. The highest BCUT2D eigenvalue weighted by atomic mass is 16.3. The normalized spacial score (nSPS) is 31.1. The number of aliphatic hydroxyl groups is 2. The third kappa shape index (κ3) is 3.91. The van der Waals surface area contributed by atoms with Gasteiger partial charge in [-0.1, -0.05) is 0 Å². The van der Waals surface area contributed by atoms with E-state index in [0.717, 1.165) is 32.5 Å². The number of nitrogens with zero attached hydrogens (tertiary/aromatic N) is 2. The third-order valence-electron chi connectivity index (χ3n) is 4.98.